The lowest BCUT2D eigenvalue weighted by atomic mass is 9.88. The number of phenolic OH excluding ortho intramolecular Hbond substituents is 1. The van der Waals surface area contributed by atoms with Gasteiger partial charge in [-0.1, -0.05) is 19.4 Å². The van der Waals surface area contributed by atoms with Crippen molar-refractivity contribution in [2.45, 2.75) is 46.5 Å². The topological polar surface area (TPSA) is 79.5 Å². The molecule has 2 aromatic rings. The minimum Gasteiger partial charge on any atom is -0.506 e. The van der Waals surface area contributed by atoms with Crippen molar-refractivity contribution in [1.29, 1.82) is 0 Å². The Hall–Kier alpha value is -2.60. The lowest BCUT2D eigenvalue weighted by Crippen LogP contribution is -2.34. The zero-order chi connectivity index (χ0) is 23.1. The van der Waals surface area contributed by atoms with Gasteiger partial charge in [0.25, 0.3) is 0 Å². The average molecular weight is 486 g/mol. The average Bonchev–Trinajstić information content (AvgIpc) is 2.93. The van der Waals surface area contributed by atoms with E-state index in [1.807, 2.05) is 31.0 Å². The molecule has 31 heavy (non-hydrogen) atoms. The number of nitrogen functional groups attached to an aromatic ring is 1. The summed E-state index contributed by atoms with van der Waals surface area (Å²) < 4.78 is 0.963. The monoisotopic (exact) mass is 485 g/mol. The minimum atomic E-state index is 0.122. The molecule has 1 amide bonds. The summed E-state index contributed by atoms with van der Waals surface area (Å²) in [6.07, 6.45) is 5.16. The van der Waals surface area contributed by atoms with E-state index in [1.54, 1.807) is 13.0 Å². The summed E-state index contributed by atoms with van der Waals surface area (Å²) in [5.74, 6) is 0.251. The molecule has 1 fully saturated rings. The van der Waals surface area contributed by atoms with Crippen LogP contribution in [-0.4, -0.2) is 34.0 Å². The maximum atomic E-state index is 11.7. The fourth-order valence-corrected chi connectivity index (χ4v) is 4.46. The molecule has 4 rings (SSSR count). The molecule has 5 nitrogen and oxygen atoms in total. The number of nitrogens with zero attached hydrogens (tertiary/aromatic N) is 2. The molecule has 1 aliphatic carbocycles. The first-order valence-electron chi connectivity index (χ1n) is 10.7. The first-order chi connectivity index (χ1) is 14.9. The summed E-state index contributed by atoms with van der Waals surface area (Å²) in [7, 11) is 0. The maximum absolute atomic E-state index is 11.7. The van der Waals surface area contributed by atoms with E-state index in [1.165, 1.54) is 11.1 Å². The van der Waals surface area contributed by atoms with Crippen LogP contribution in [0.5, 0.6) is 5.75 Å². The fourth-order valence-electron chi connectivity index (χ4n) is 4.08. The van der Waals surface area contributed by atoms with Crippen LogP contribution in [-0.2, 0) is 17.6 Å². The van der Waals surface area contributed by atoms with Crippen molar-refractivity contribution in [2.75, 3.05) is 18.8 Å². The highest BCUT2D eigenvalue weighted by Gasteiger charge is 2.26. The van der Waals surface area contributed by atoms with E-state index in [0.717, 1.165) is 65.6 Å². The molecule has 0 radical (unpaired) electrons. The number of phenols is 1. The second kappa shape index (κ2) is 11.1. The summed E-state index contributed by atoms with van der Waals surface area (Å²) >= 11 is 3.53. The molecule has 0 saturated carbocycles. The Morgan fingerprint density at radius 2 is 1.71 bits per heavy atom. The van der Waals surface area contributed by atoms with Gasteiger partial charge in [0.15, 0.2) is 0 Å². The Kier molecular flexibility index (Phi) is 8.87. The van der Waals surface area contributed by atoms with Crippen LogP contribution in [0.15, 0.2) is 47.6 Å². The van der Waals surface area contributed by atoms with Crippen LogP contribution < -0.4 is 5.73 Å². The number of amides is 1. The Morgan fingerprint density at radius 1 is 1.10 bits per heavy atom. The standard InChI is InChI=1S/C21H22BrN3O2.C2H6.C2H4/c1-12(26)25-6-4-13(5-7-25)20-17-10-18(23)19(27)9-14(17)2-3-15-8-16(22)11-24-21(15)20;2*1-2/h8-11,27H,2-7,23H2,1H3;1-2H3;1-2H2. The number of nitrogens with two attached hydrogens (primary N) is 1. The van der Waals surface area contributed by atoms with E-state index >= 15 is 0 Å². The summed E-state index contributed by atoms with van der Waals surface area (Å²) in [6.45, 7) is 13.1. The van der Waals surface area contributed by atoms with Gasteiger partial charge < -0.3 is 15.7 Å². The highest BCUT2D eigenvalue weighted by Crippen LogP contribution is 2.40. The number of hydrogen-bond donors (Lipinski definition) is 2. The molecule has 2 heterocycles. The normalized spacial score (nSPS) is 14.8. The predicted molar refractivity (Wildman–Crippen MR) is 132 cm³/mol. The Bertz CT molecular complexity index is 975. The van der Waals surface area contributed by atoms with Crippen LogP contribution in [0.4, 0.5) is 5.69 Å². The largest absolute Gasteiger partial charge is 0.506 e. The van der Waals surface area contributed by atoms with Crippen molar-refractivity contribution < 1.29 is 9.90 Å². The van der Waals surface area contributed by atoms with Gasteiger partial charge in [0.05, 0.1) is 11.4 Å². The number of benzene rings is 1. The molecular formula is C25H32BrN3O2. The van der Waals surface area contributed by atoms with Crippen molar-refractivity contribution in [3.05, 3.63) is 70.0 Å². The van der Waals surface area contributed by atoms with Crippen molar-refractivity contribution in [3.8, 4) is 5.75 Å². The van der Waals surface area contributed by atoms with Crippen LogP contribution in [0.1, 0.15) is 56.0 Å². The molecule has 1 aliphatic heterocycles. The molecule has 1 aromatic carbocycles. The minimum absolute atomic E-state index is 0.122. The number of aryl methyl sites for hydroxylation is 2. The van der Waals surface area contributed by atoms with Crippen LogP contribution in [0, 0.1) is 0 Å². The molecule has 1 saturated heterocycles. The molecule has 6 heteroatoms. The van der Waals surface area contributed by atoms with Gasteiger partial charge in [-0.05, 0) is 76.5 Å². The third-order valence-corrected chi connectivity index (χ3v) is 5.96. The van der Waals surface area contributed by atoms with Gasteiger partial charge in [0, 0.05) is 36.3 Å². The third-order valence-electron chi connectivity index (χ3n) is 5.52. The van der Waals surface area contributed by atoms with Gasteiger partial charge in [-0.15, -0.1) is 13.2 Å². The van der Waals surface area contributed by atoms with E-state index in [0.29, 0.717) is 5.69 Å². The Labute approximate surface area is 193 Å². The molecule has 0 atom stereocenters. The van der Waals surface area contributed by atoms with Crippen molar-refractivity contribution in [1.82, 2.24) is 9.88 Å². The van der Waals surface area contributed by atoms with Crippen molar-refractivity contribution in [3.63, 3.8) is 0 Å². The predicted octanol–water partition coefficient (Wildman–Crippen LogP) is 5.50. The van der Waals surface area contributed by atoms with Gasteiger partial charge >= 0.3 is 0 Å². The first kappa shape index (κ1) is 24.7. The number of halogens is 1. The second-order valence-electron chi connectivity index (χ2n) is 7.21. The van der Waals surface area contributed by atoms with E-state index in [-0.39, 0.29) is 11.7 Å². The van der Waals surface area contributed by atoms with E-state index < -0.39 is 0 Å². The smallest absolute Gasteiger partial charge is 0.219 e. The highest BCUT2D eigenvalue weighted by molar-refractivity contribution is 9.10. The number of pyridine rings is 1. The fraction of sp³-hybridized carbons (Fsp3) is 0.360. The molecular weight excluding hydrogens is 454 g/mol. The summed E-state index contributed by atoms with van der Waals surface area (Å²) in [6, 6.07) is 5.79. The summed E-state index contributed by atoms with van der Waals surface area (Å²) in [4.78, 5) is 18.3. The third kappa shape index (κ3) is 5.37. The van der Waals surface area contributed by atoms with Gasteiger partial charge in [-0.25, -0.2) is 0 Å². The van der Waals surface area contributed by atoms with Gasteiger partial charge in [-0.3, -0.25) is 9.78 Å². The van der Waals surface area contributed by atoms with Gasteiger partial charge in [-0.2, -0.15) is 0 Å². The molecule has 0 bridgehead atoms. The second-order valence-corrected chi connectivity index (χ2v) is 8.13. The number of aromatic nitrogens is 1. The lowest BCUT2D eigenvalue weighted by molar-refractivity contribution is -0.129. The van der Waals surface area contributed by atoms with E-state index in [4.69, 9.17) is 10.7 Å². The van der Waals surface area contributed by atoms with E-state index in [2.05, 4.69) is 35.2 Å². The number of likely N-dealkylation sites (tertiary alicyclic amines) is 1. The summed E-state index contributed by atoms with van der Waals surface area (Å²) in [5, 5.41) is 10.1. The number of hydrogen-bond acceptors (Lipinski definition) is 4. The zero-order valence-electron chi connectivity index (χ0n) is 18.7. The maximum Gasteiger partial charge on any atom is 0.219 e. The quantitative estimate of drug-likeness (QED) is 0.293. The molecule has 1 aromatic heterocycles. The number of fused-ring (bicyclic) bond motifs is 2. The molecule has 0 unspecified atom stereocenters. The van der Waals surface area contributed by atoms with Crippen molar-refractivity contribution in [2.24, 2.45) is 0 Å². The SMILES string of the molecule is C=C.CC.CC(=O)N1CCC(=C2c3cc(N)c(O)cc3CCc3cc(Br)cnc32)CC1. The van der Waals surface area contributed by atoms with Crippen LogP contribution >= 0.6 is 15.9 Å². The molecule has 2 aliphatic rings. The van der Waals surface area contributed by atoms with Crippen LogP contribution in [0.3, 0.4) is 0 Å². The Balaban J connectivity index is 0.000000807. The van der Waals surface area contributed by atoms with Crippen LogP contribution in [0.25, 0.3) is 5.57 Å². The Morgan fingerprint density at radius 3 is 2.32 bits per heavy atom. The van der Waals surface area contributed by atoms with Crippen molar-refractivity contribution >= 4 is 33.1 Å². The molecule has 0 spiro atoms. The zero-order valence-corrected chi connectivity index (χ0v) is 20.3. The van der Waals surface area contributed by atoms with Gasteiger partial charge in [0.2, 0.25) is 5.91 Å². The number of carbonyl (C=O) groups excluding carboxylic acids is 1. The molecule has 3 N–H and O–H groups in total. The van der Waals surface area contributed by atoms with Gasteiger partial charge in [0.1, 0.15) is 5.75 Å². The number of rotatable bonds is 0. The number of piperidine rings is 1. The number of anilines is 1. The number of aromatic hydroxyl groups is 1. The van der Waals surface area contributed by atoms with Crippen LogP contribution in [0.2, 0.25) is 0 Å². The number of carbonyl (C=O) groups is 1. The molecule has 166 valence electrons. The summed E-state index contributed by atoms with van der Waals surface area (Å²) in [5.41, 5.74) is 13.2. The first-order valence-corrected chi connectivity index (χ1v) is 11.5. The lowest BCUT2D eigenvalue weighted by Gasteiger charge is -2.29. The highest BCUT2D eigenvalue weighted by atomic mass is 79.9. The van der Waals surface area contributed by atoms with E-state index in [9.17, 15) is 9.90 Å².